The van der Waals surface area contributed by atoms with Gasteiger partial charge in [-0.15, -0.1) is 0 Å². The molecule has 0 fully saturated rings. The van der Waals surface area contributed by atoms with Gasteiger partial charge in [-0.2, -0.15) is 0 Å². The van der Waals surface area contributed by atoms with Gasteiger partial charge >= 0.3 is 11.4 Å². The number of halogens is 6. The summed E-state index contributed by atoms with van der Waals surface area (Å²) in [6.07, 6.45) is 0. The maximum atomic E-state index is 13.7. The highest BCUT2D eigenvalue weighted by Crippen LogP contribution is 2.23. The van der Waals surface area contributed by atoms with Crippen molar-refractivity contribution < 1.29 is 17.6 Å². The normalized spacial score (nSPS) is 12.1. The number of aromatic amines is 2. The predicted molar refractivity (Wildman–Crippen MR) is 171 cm³/mol. The quantitative estimate of drug-likeness (QED) is 0.105. The van der Waals surface area contributed by atoms with E-state index < -0.39 is 52.3 Å². The second-order valence-corrected chi connectivity index (χ2v) is 11.1. The summed E-state index contributed by atoms with van der Waals surface area (Å²) in [7, 11) is 0. The van der Waals surface area contributed by atoms with E-state index in [0.29, 0.717) is 0 Å². The molecule has 2 atom stereocenters. The Bertz CT molecular complexity index is 1770. The van der Waals surface area contributed by atoms with Gasteiger partial charge in [0.2, 0.25) is 0 Å². The van der Waals surface area contributed by atoms with Crippen LogP contribution in [0.2, 0.25) is 5.15 Å². The highest BCUT2D eigenvalue weighted by molar-refractivity contribution is 6.29. The summed E-state index contributed by atoms with van der Waals surface area (Å²) in [5, 5.41) is 2.81. The fourth-order valence-electron chi connectivity index (χ4n) is 4.25. The van der Waals surface area contributed by atoms with E-state index in [-0.39, 0.29) is 39.7 Å². The molecule has 2 aromatic heterocycles. The molecule has 0 aliphatic carbocycles. The molecule has 0 spiro atoms. The van der Waals surface area contributed by atoms with Crippen LogP contribution in [0.25, 0.3) is 0 Å². The van der Waals surface area contributed by atoms with E-state index in [1.165, 1.54) is 43.3 Å². The maximum absolute atomic E-state index is 13.7. The lowest BCUT2D eigenvalue weighted by molar-refractivity contribution is 0.527. The summed E-state index contributed by atoms with van der Waals surface area (Å²) < 4.78 is 55.5. The molecule has 46 heavy (non-hydrogen) atoms. The molecule has 0 aliphatic heterocycles. The van der Waals surface area contributed by atoms with E-state index >= 15 is 0 Å². The van der Waals surface area contributed by atoms with Crippen LogP contribution in [0.3, 0.4) is 0 Å². The number of benzene rings is 2. The maximum Gasteiger partial charge on any atom is 0.330 e. The Balaban J connectivity index is 0.000000261. The summed E-state index contributed by atoms with van der Waals surface area (Å²) >= 11 is 10.7. The number of hydrogen-bond acceptors (Lipinski definition) is 6. The molecule has 0 amide bonds. The van der Waals surface area contributed by atoms with Crippen molar-refractivity contribution in [1.29, 1.82) is 0 Å². The van der Waals surface area contributed by atoms with Crippen molar-refractivity contribution in [2.45, 2.75) is 65.7 Å². The Morgan fingerprint density at radius 2 is 1.04 bits per heavy atom. The van der Waals surface area contributed by atoms with Gasteiger partial charge < -0.3 is 5.32 Å². The van der Waals surface area contributed by atoms with Crippen LogP contribution in [0.15, 0.2) is 67.7 Å². The first-order valence-electron chi connectivity index (χ1n) is 13.9. The first-order valence-corrected chi connectivity index (χ1v) is 14.6. The summed E-state index contributed by atoms with van der Waals surface area (Å²) in [6.45, 7) is 10.0. The lowest BCUT2D eigenvalue weighted by atomic mass is 10.1. The number of nitrogens with one attached hydrogen (secondary N) is 4. The van der Waals surface area contributed by atoms with Crippen LogP contribution in [0.4, 0.5) is 23.4 Å². The van der Waals surface area contributed by atoms with Crippen LogP contribution < -0.4 is 32.7 Å². The standard InChI is InChI=1S/C15H17F2N3O2.C8H8ClF2N.C7H9ClN2O2/c1-8(2)20-13(21)7-12(19-15(20)22)18-9(3)14-10(16)5-4-6-11(14)17;1-5(12-9)8-6(10)3-2-4-7(8)11;1-4(2)10-6(11)3-5(8)9-7(10)12/h4-9,18H,1-3H3,(H,19,22);2-5,12H,1H3;3-4H,1-2H3,(H,9,12)/t9-;5-;/m00./s1. The largest absolute Gasteiger partial charge is 0.365 e. The Morgan fingerprint density at radius 3 is 1.41 bits per heavy atom. The summed E-state index contributed by atoms with van der Waals surface area (Å²) in [4.78, 5) is 53.1. The fourth-order valence-corrected chi connectivity index (χ4v) is 4.53. The number of H-pyrrole nitrogens is 2. The third-order valence-electron chi connectivity index (χ3n) is 6.33. The second kappa shape index (κ2) is 17.0. The number of hydrogen-bond donors (Lipinski definition) is 4. The predicted octanol–water partition coefficient (Wildman–Crippen LogP) is 6.11. The molecular weight excluding hydrogens is 655 g/mol. The van der Waals surface area contributed by atoms with E-state index in [4.69, 9.17) is 23.4 Å². The lowest BCUT2D eigenvalue weighted by Crippen LogP contribution is -2.36. The molecule has 0 saturated heterocycles. The molecule has 0 bridgehead atoms. The molecule has 0 aliphatic rings. The molecule has 0 radical (unpaired) electrons. The van der Waals surface area contributed by atoms with Gasteiger partial charge in [0.05, 0.1) is 6.04 Å². The molecule has 4 N–H and O–H groups in total. The zero-order valence-corrected chi connectivity index (χ0v) is 27.2. The van der Waals surface area contributed by atoms with Crippen molar-refractivity contribution in [3.63, 3.8) is 0 Å². The van der Waals surface area contributed by atoms with Gasteiger partial charge in [0.15, 0.2) is 0 Å². The van der Waals surface area contributed by atoms with Crippen molar-refractivity contribution in [3.05, 3.63) is 130 Å². The third-order valence-corrected chi connectivity index (χ3v) is 6.86. The van der Waals surface area contributed by atoms with E-state index in [1.807, 2.05) is 0 Å². The molecule has 0 saturated carbocycles. The molecule has 2 aromatic carbocycles. The van der Waals surface area contributed by atoms with Crippen LogP contribution in [0.5, 0.6) is 0 Å². The average Bonchev–Trinajstić information content (AvgIpc) is 2.92. The van der Waals surface area contributed by atoms with Crippen LogP contribution in [0, 0.1) is 23.3 Å². The van der Waals surface area contributed by atoms with Crippen molar-refractivity contribution >= 4 is 29.2 Å². The van der Waals surface area contributed by atoms with E-state index in [0.717, 1.165) is 21.3 Å². The molecule has 16 heteroatoms. The van der Waals surface area contributed by atoms with E-state index in [1.54, 1.807) is 34.6 Å². The summed E-state index contributed by atoms with van der Waals surface area (Å²) in [5.41, 5.74) is -2.10. The molecule has 4 aromatic rings. The van der Waals surface area contributed by atoms with E-state index in [2.05, 4.69) is 20.1 Å². The lowest BCUT2D eigenvalue weighted by Gasteiger charge is -2.17. The monoisotopic (exact) mass is 688 g/mol. The summed E-state index contributed by atoms with van der Waals surface area (Å²) in [5.74, 6) is -2.45. The Morgan fingerprint density at radius 1 is 0.652 bits per heavy atom. The molecular formula is C30H34Cl2F4N6O4. The van der Waals surface area contributed by atoms with Gasteiger partial charge in [0.1, 0.15) is 34.2 Å². The Hall–Kier alpha value is -4.14. The Labute approximate surface area is 271 Å². The number of anilines is 1. The number of nitrogens with zero attached hydrogens (tertiary/aromatic N) is 2. The van der Waals surface area contributed by atoms with Crippen LogP contribution in [0.1, 0.15) is 76.8 Å². The topological polar surface area (TPSA) is 134 Å². The molecule has 250 valence electrons. The van der Waals surface area contributed by atoms with Crippen molar-refractivity contribution in [3.8, 4) is 0 Å². The van der Waals surface area contributed by atoms with Crippen LogP contribution in [-0.2, 0) is 0 Å². The van der Waals surface area contributed by atoms with Crippen molar-refractivity contribution in [2.75, 3.05) is 5.32 Å². The molecule has 10 nitrogen and oxygen atoms in total. The van der Waals surface area contributed by atoms with Gasteiger partial charge in [-0.3, -0.25) is 28.7 Å². The minimum absolute atomic E-state index is 0.0347. The first-order chi connectivity index (χ1) is 21.5. The zero-order chi connectivity index (χ0) is 34.9. The van der Waals surface area contributed by atoms with Gasteiger partial charge in [-0.25, -0.2) is 32.0 Å². The van der Waals surface area contributed by atoms with Gasteiger partial charge in [-0.05, 0) is 77.6 Å². The summed E-state index contributed by atoms with van der Waals surface area (Å²) in [6, 6.07) is 7.92. The van der Waals surface area contributed by atoms with Gasteiger partial charge in [0.25, 0.3) is 11.1 Å². The van der Waals surface area contributed by atoms with Crippen LogP contribution in [-0.4, -0.2) is 19.1 Å². The van der Waals surface area contributed by atoms with Crippen LogP contribution >= 0.6 is 23.4 Å². The minimum atomic E-state index is -0.758. The van der Waals surface area contributed by atoms with Crippen molar-refractivity contribution in [1.82, 2.24) is 23.9 Å². The molecule has 0 unspecified atom stereocenters. The highest BCUT2D eigenvalue weighted by Gasteiger charge is 2.17. The number of aromatic nitrogens is 4. The zero-order valence-electron chi connectivity index (χ0n) is 25.7. The van der Waals surface area contributed by atoms with Gasteiger partial charge in [0, 0.05) is 41.4 Å². The third kappa shape index (κ3) is 9.93. The minimum Gasteiger partial charge on any atom is -0.365 e. The number of rotatable bonds is 7. The van der Waals surface area contributed by atoms with E-state index in [9.17, 15) is 36.7 Å². The Kier molecular flexibility index (Phi) is 14.0. The SMILES string of the molecule is CC(C)n1c(=O)cc(Cl)[nH]c1=O.CC(C)n1c(=O)cc(N[C@@H](C)c2c(F)cccc2F)[nH]c1=O.C[C@H](NCl)c1c(F)cccc1F. The van der Waals surface area contributed by atoms with Crippen molar-refractivity contribution in [2.24, 2.45) is 0 Å². The molecule has 4 rings (SSSR count). The smallest absolute Gasteiger partial charge is 0.330 e. The highest BCUT2D eigenvalue weighted by atomic mass is 35.5. The fraction of sp³-hybridized carbons (Fsp3) is 0.333. The first kappa shape index (κ1) is 38.0. The average molecular weight is 690 g/mol. The van der Waals surface area contributed by atoms with Gasteiger partial charge in [-0.1, -0.05) is 23.7 Å². The molecule has 2 heterocycles. The second-order valence-electron chi connectivity index (χ2n) is 10.5.